The van der Waals surface area contributed by atoms with Crippen molar-refractivity contribution in [1.82, 2.24) is 4.90 Å². The van der Waals surface area contributed by atoms with Crippen LogP contribution in [0, 0.1) is 5.41 Å². The first-order valence-corrected chi connectivity index (χ1v) is 6.83. The first kappa shape index (κ1) is 15.4. The van der Waals surface area contributed by atoms with E-state index in [4.69, 9.17) is 29.6 Å². The van der Waals surface area contributed by atoms with Gasteiger partial charge in [0, 0.05) is 17.0 Å². The summed E-state index contributed by atoms with van der Waals surface area (Å²) < 4.78 is 0. The standard InChI is InChI=1S/C14H21ClN2S/c1-14(2,13(16)18)8-9-17(3)10-11-6-4-5-7-12(11)15/h4-7H,8-10H2,1-3H3,(H2,16,18). The third-order valence-corrected chi connectivity index (χ3v) is 4.10. The molecule has 0 radical (unpaired) electrons. The van der Waals surface area contributed by atoms with Gasteiger partial charge in [0.25, 0.3) is 0 Å². The molecule has 0 saturated carbocycles. The van der Waals surface area contributed by atoms with Crippen molar-refractivity contribution in [1.29, 1.82) is 0 Å². The highest BCUT2D eigenvalue weighted by Crippen LogP contribution is 2.22. The van der Waals surface area contributed by atoms with Gasteiger partial charge >= 0.3 is 0 Å². The minimum Gasteiger partial charge on any atom is -0.393 e. The van der Waals surface area contributed by atoms with Crippen LogP contribution >= 0.6 is 23.8 Å². The number of rotatable bonds is 6. The molecule has 2 N–H and O–H groups in total. The van der Waals surface area contributed by atoms with Crippen molar-refractivity contribution in [2.24, 2.45) is 11.1 Å². The number of nitrogens with zero attached hydrogens (tertiary/aromatic N) is 1. The highest BCUT2D eigenvalue weighted by Gasteiger charge is 2.21. The summed E-state index contributed by atoms with van der Waals surface area (Å²) in [5.74, 6) is 0. The zero-order valence-electron chi connectivity index (χ0n) is 11.2. The average molecular weight is 285 g/mol. The first-order chi connectivity index (χ1) is 8.33. The van der Waals surface area contributed by atoms with Crippen LogP contribution in [0.3, 0.4) is 0 Å². The maximum Gasteiger partial charge on any atom is 0.0784 e. The molecular formula is C14H21ClN2S. The van der Waals surface area contributed by atoms with E-state index in [-0.39, 0.29) is 5.41 Å². The SMILES string of the molecule is CN(CCC(C)(C)C(N)=S)Cc1ccccc1Cl. The van der Waals surface area contributed by atoms with Gasteiger partial charge in [-0.1, -0.05) is 55.9 Å². The van der Waals surface area contributed by atoms with E-state index in [0.717, 1.165) is 30.1 Å². The molecule has 0 atom stereocenters. The molecule has 2 nitrogen and oxygen atoms in total. The van der Waals surface area contributed by atoms with Crippen molar-refractivity contribution in [2.75, 3.05) is 13.6 Å². The molecule has 18 heavy (non-hydrogen) atoms. The fraction of sp³-hybridized carbons (Fsp3) is 0.500. The van der Waals surface area contributed by atoms with Gasteiger partial charge in [-0.15, -0.1) is 0 Å². The third kappa shape index (κ3) is 4.56. The molecule has 0 aliphatic carbocycles. The zero-order valence-corrected chi connectivity index (χ0v) is 12.8. The summed E-state index contributed by atoms with van der Waals surface area (Å²) in [5, 5.41) is 0.818. The van der Waals surface area contributed by atoms with E-state index < -0.39 is 0 Å². The lowest BCUT2D eigenvalue weighted by molar-refractivity contribution is 0.286. The normalized spacial score (nSPS) is 11.8. The fourth-order valence-corrected chi connectivity index (χ4v) is 1.89. The summed E-state index contributed by atoms with van der Waals surface area (Å²) in [6, 6.07) is 7.93. The first-order valence-electron chi connectivity index (χ1n) is 6.05. The van der Waals surface area contributed by atoms with Crippen LogP contribution in [0.5, 0.6) is 0 Å². The smallest absolute Gasteiger partial charge is 0.0784 e. The fourth-order valence-electron chi connectivity index (χ4n) is 1.59. The molecule has 0 aliphatic heterocycles. The van der Waals surface area contributed by atoms with E-state index in [1.165, 1.54) is 0 Å². The van der Waals surface area contributed by atoms with E-state index >= 15 is 0 Å². The van der Waals surface area contributed by atoms with E-state index in [0.29, 0.717) is 4.99 Å². The van der Waals surface area contributed by atoms with Gasteiger partial charge in [0.2, 0.25) is 0 Å². The van der Waals surface area contributed by atoms with Gasteiger partial charge in [-0.2, -0.15) is 0 Å². The number of benzene rings is 1. The Labute approximate surface area is 120 Å². The van der Waals surface area contributed by atoms with Crippen LogP contribution in [-0.2, 0) is 6.54 Å². The van der Waals surface area contributed by atoms with E-state index in [2.05, 4.69) is 31.9 Å². The van der Waals surface area contributed by atoms with E-state index in [1.807, 2.05) is 18.2 Å². The Morgan fingerprint density at radius 3 is 2.56 bits per heavy atom. The molecule has 4 heteroatoms. The molecular weight excluding hydrogens is 264 g/mol. The average Bonchev–Trinajstić information content (AvgIpc) is 2.29. The van der Waals surface area contributed by atoms with Crippen LogP contribution < -0.4 is 5.73 Å². The Balaban J connectivity index is 2.50. The van der Waals surface area contributed by atoms with Crippen molar-refractivity contribution in [2.45, 2.75) is 26.8 Å². The molecule has 1 aromatic carbocycles. The van der Waals surface area contributed by atoms with Gasteiger partial charge in [-0.3, -0.25) is 0 Å². The van der Waals surface area contributed by atoms with Crippen molar-refractivity contribution in [3.8, 4) is 0 Å². The summed E-state index contributed by atoms with van der Waals surface area (Å²) in [5.41, 5.74) is 6.78. The largest absolute Gasteiger partial charge is 0.393 e. The summed E-state index contributed by atoms with van der Waals surface area (Å²) >= 11 is 11.2. The van der Waals surface area contributed by atoms with Gasteiger partial charge in [-0.25, -0.2) is 0 Å². The highest BCUT2D eigenvalue weighted by molar-refractivity contribution is 7.80. The van der Waals surface area contributed by atoms with Crippen LogP contribution in [0.1, 0.15) is 25.8 Å². The van der Waals surface area contributed by atoms with Crippen molar-refractivity contribution in [3.63, 3.8) is 0 Å². The molecule has 0 unspecified atom stereocenters. The van der Waals surface area contributed by atoms with Crippen LogP contribution in [0.15, 0.2) is 24.3 Å². The van der Waals surface area contributed by atoms with Gasteiger partial charge in [0.15, 0.2) is 0 Å². The van der Waals surface area contributed by atoms with E-state index in [9.17, 15) is 0 Å². The predicted molar refractivity (Wildman–Crippen MR) is 83.0 cm³/mol. The zero-order chi connectivity index (χ0) is 13.8. The Bertz CT molecular complexity index is 418. The van der Waals surface area contributed by atoms with Crippen molar-refractivity contribution < 1.29 is 0 Å². The molecule has 0 spiro atoms. The molecule has 0 fully saturated rings. The minimum absolute atomic E-state index is 0.0932. The van der Waals surface area contributed by atoms with Crippen molar-refractivity contribution >= 4 is 28.8 Å². The summed E-state index contributed by atoms with van der Waals surface area (Å²) in [6.07, 6.45) is 0.948. The van der Waals surface area contributed by atoms with Crippen molar-refractivity contribution in [3.05, 3.63) is 34.9 Å². The van der Waals surface area contributed by atoms with Crippen LogP contribution in [-0.4, -0.2) is 23.5 Å². The molecule has 0 amide bonds. The molecule has 0 heterocycles. The van der Waals surface area contributed by atoms with Gasteiger partial charge < -0.3 is 10.6 Å². The molecule has 0 saturated heterocycles. The summed E-state index contributed by atoms with van der Waals surface area (Å²) in [6.45, 7) is 5.94. The number of nitrogens with two attached hydrogens (primary N) is 1. The lowest BCUT2D eigenvalue weighted by atomic mass is 9.89. The highest BCUT2D eigenvalue weighted by atomic mass is 35.5. The number of hydrogen-bond acceptors (Lipinski definition) is 2. The van der Waals surface area contributed by atoms with Crippen LogP contribution in [0.25, 0.3) is 0 Å². The number of halogens is 1. The topological polar surface area (TPSA) is 29.3 Å². The second kappa shape index (κ2) is 6.50. The summed E-state index contributed by atoms with van der Waals surface area (Å²) in [4.78, 5) is 2.81. The molecule has 0 bridgehead atoms. The molecule has 0 aliphatic rings. The van der Waals surface area contributed by atoms with Crippen LogP contribution in [0.2, 0.25) is 5.02 Å². The quantitative estimate of drug-likeness (QED) is 0.811. The van der Waals surface area contributed by atoms with Gasteiger partial charge in [-0.05, 0) is 31.6 Å². The molecule has 0 aromatic heterocycles. The number of thiocarbonyl (C=S) groups is 1. The van der Waals surface area contributed by atoms with Gasteiger partial charge in [0.1, 0.15) is 0 Å². The summed E-state index contributed by atoms with van der Waals surface area (Å²) in [7, 11) is 2.08. The third-order valence-electron chi connectivity index (χ3n) is 3.18. The maximum atomic E-state index is 6.14. The molecule has 1 aromatic rings. The maximum absolute atomic E-state index is 6.14. The molecule has 1 rings (SSSR count). The predicted octanol–water partition coefficient (Wildman–Crippen LogP) is 3.47. The second-order valence-electron chi connectivity index (χ2n) is 5.33. The Hall–Kier alpha value is -0.640. The lowest BCUT2D eigenvalue weighted by Crippen LogP contribution is -2.33. The molecule has 100 valence electrons. The minimum atomic E-state index is -0.0932. The van der Waals surface area contributed by atoms with Crippen LogP contribution in [0.4, 0.5) is 0 Å². The monoisotopic (exact) mass is 284 g/mol. The lowest BCUT2D eigenvalue weighted by Gasteiger charge is -2.26. The Kier molecular flexibility index (Phi) is 5.57. The number of hydrogen-bond donors (Lipinski definition) is 1. The Morgan fingerprint density at radius 1 is 1.39 bits per heavy atom. The van der Waals surface area contributed by atoms with E-state index in [1.54, 1.807) is 0 Å². The Morgan fingerprint density at radius 2 is 2.00 bits per heavy atom. The second-order valence-corrected chi connectivity index (χ2v) is 6.17. The van der Waals surface area contributed by atoms with Gasteiger partial charge in [0.05, 0.1) is 4.99 Å².